The summed E-state index contributed by atoms with van der Waals surface area (Å²) in [5.74, 6) is 1.60. The van der Waals surface area contributed by atoms with Crippen LogP contribution in [-0.2, 0) is 7.05 Å². The average molecular weight is 289 g/mol. The number of rotatable bonds is 7. The summed E-state index contributed by atoms with van der Waals surface area (Å²) in [6, 6.07) is 5.96. The minimum Gasteiger partial charge on any atom is -0.497 e. The Kier molecular flexibility index (Phi) is 5.22. The molecule has 5 heteroatoms. The van der Waals surface area contributed by atoms with Crippen molar-refractivity contribution in [1.82, 2.24) is 15.1 Å². The van der Waals surface area contributed by atoms with Gasteiger partial charge in [-0.15, -0.1) is 0 Å². The number of ether oxygens (including phenoxy) is 2. The van der Waals surface area contributed by atoms with Crippen molar-refractivity contribution in [3.8, 4) is 11.5 Å². The van der Waals surface area contributed by atoms with Crippen LogP contribution in [0.25, 0.3) is 0 Å². The predicted octanol–water partition coefficient (Wildman–Crippen LogP) is 2.53. The molecular formula is C16H23N3O2. The van der Waals surface area contributed by atoms with Gasteiger partial charge in [-0.3, -0.25) is 4.68 Å². The summed E-state index contributed by atoms with van der Waals surface area (Å²) in [5.41, 5.74) is 2.20. The molecule has 2 aromatic rings. The average Bonchev–Trinajstić information content (AvgIpc) is 2.94. The second-order valence-corrected chi connectivity index (χ2v) is 4.94. The summed E-state index contributed by atoms with van der Waals surface area (Å²) in [7, 11) is 5.26. The van der Waals surface area contributed by atoms with Crippen molar-refractivity contribution in [3.05, 3.63) is 41.7 Å². The first-order chi connectivity index (χ1) is 10.2. The van der Waals surface area contributed by atoms with Gasteiger partial charge in [0.15, 0.2) is 0 Å². The lowest BCUT2D eigenvalue weighted by molar-refractivity contribution is 0.387. The van der Waals surface area contributed by atoms with Crippen LogP contribution in [0.4, 0.5) is 0 Å². The molecule has 1 aromatic carbocycles. The van der Waals surface area contributed by atoms with Crippen LogP contribution >= 0.6 is 0 Å². The van der Waals surface area contributed by atoms with E-state index in [1.807, 2.05) is 42.3 Å². The summed E-state index contributed by atoms with van der Waals surface area (Å²) in [6.07, 6.45) is 4.98. The molecule has 2 rings (SSSR count). The lowest BCUT2D eigenvalue weighted by atomic mass is 10.00. The predicted molar refractivity (Wildman–Crippen MR) is 82.9 cm³/mol. The molecular weight excluding hydrogens is 266 g/mol. The third kappa shape index (κ3) is 3.55. The summed E-state index contributed by atoms with van der Waals surface area (Å²) < 4.78 is 12.6. The molecule has 1 unspecified atom stereocenters. The highest BCUT2D eigenvalue weighted by molar-refractivity contribution is 5.45. The topological polar surface area (TPSA) is 48.3 Å². The van der Waals surface area contributed by atoms with Gasteiger partial charge < -0.3 is 14.8 Å². The first-order valence-electron chi connectivity index (χ1n) is 7.13. The molecule has 0 aliphatic heterocycles. The Bertz CT molecular complexity index is 581. The maximum atomic E-state index is 5.53. The molecule has 0 fully saturated rings. The van der Waals surface area contributed by atoms with E-state index >= 15 is 0 Å². The number of benzene rings is 1. The third-order valence-corrected chi connectivity index (χ3v) is 3.41. The van der Waals surface area contributed by atoms with Gasteiger partial charge in [-0.2, -0.15) is 5.10 Å². The number of methoxy groups -OCH3 is 2. The molecule has 0 saturated carbocycles. The first-order valence-corrected chi connectivity index (χ1v) is 7.13. The molecule has 1 heterocycles. The van der Waals surface area contributed by atoms with Crippen LogP contribution in [0.5, 0.6) is 11.5 Å². The SMILES string of the molecule is CCCNC(c1cnn(C)c1)c1ccc(OC)cc1OC. The van der Waals surface area contributed by atoms with Gasteiger partial charge in [0, 0.05) is 30.4 Å². The first kappa shape index (κ1) is 15.4. The Morgan fingerprint density at radius 3 is 2.67 bits per heavy atom. The molecule has 114 valence electrons. The summed E-state index contributed by atoms with van der Waals surface area (Å²) in [5, 5.41) is 7.82. The highest BCUT2D eigenvalue weighted by Crippen LogP contribution is 2.32. The molecule has 0 aliphatic rings. The van der Waals surface area contributed by atoms with E-state index in [1.165, 1.54) is 0 Å². The van der Waals surface area contributed by atoms with E-state index in [1.54, 1.807) is 14.2 Å². The number of nitrogens with one attached hydrogen (secondary N) is 1. The fraction of sp³-hybridized carbons (Fsp3) is 0.438. The molecule has 1 N–H and O–H groups in total. The van der Waals surface area contributed by atoms with E-state index < -0.39 is 0 Å². The quantitative estimate of drug-likeness (QED) is 0.851. The zero-order chi connectivity index (χ0) is 15.2. The monoisotopic (exact) mass is 289 g/mol. The van der Waals surface area contributed by atoms with Crippen LogP contribution in [0, 0.1) is 0 Å². The minimum atomic E-state index is 0.0551. The molecule has 1 aromatic heterocycles. The summed E-state index contributed by atoms with van der Waals surface area (Å²) >= 11 is 0. The summed E-state index contributed by atoms with van der Waals surface area (Å²) in [6.45, 7) is 3.08. The number of hydrogen-bond donors (Lipinski definition) is 1. The molecule has 0 aliphatic carbocycles. The number of aromatic nitrogens is 2. The maximum Gasteiger partial charge on any atom is 0.127 e. The van der Waals surface area contributed by atoms with Crippen molar-refractivity contribution in [2.75, 3.05) is 20.8 Å². The smallest absolute Gasteiger partial charge is 0.127 e. The Morgan fingerprint density at radius 2 is 2.10 bits per heavy atom. The third-order valence-electron chi connectivity index (χ3n) is 3.41. The zero-order valence-corrected chi connectivity index (χ0v) is 13.1. The van der Waals surface area contributed by atoms with Crippen LogP contribution in [0.1, 0.15) is 30.5 Å². The lowest BCUT2D eigenvalue weighted by Crippen LogP contribution is -2.23. The van der Waals surface area contributed by atoms with Gasteiger partial charge in [-0.25, -0.2) is 0 Å². The largest absolute Gasteiger partial charge is 0.497 e. The van der Waals surface area contributed by atoms with E-state index in [0.717, 1.165) is 35.6 Å². The Labute approximate surface area is 125 Å². The van der Waals surface area contributed by atoms with Crippen LogP contribution < -0.4 is 14.8 Å². The van der Waals surface area contributed by atoms with E-state index in [0.29, 0.717) is 0 Å². The molecule has 21 heavy (non-hydrogen) atoms. The molecule has 0 radical (unpaired) electrons. The van der Waals surface area contributed by atoms with E-state index in [9.17, 15) is 0 Å². The molecule has 0 spiro atoms. The molecule has 1 atom stereocenters. The van der Waals surface area contributed by atoms with Gasteiger partial charge in [-0.1, -0.05) is 6.92 Å². The van der Waals surface area contributed by atoms with Crippen molar-refractivity contribution in [3.63, 3.8) is 0 Å². The van der Waals surface area contributed by atoms with E-state index in [4.69, 9.17) is 9.47 Å². The number of aryl methyl sites for hydroxylation is 1. The Balaban J connectivity index is 2.40. The van der Waals surface area contributed by atoms with E-state index in [-0.39, 0.29) is 6.04 Å². The number of nitrogens with zero attached hydrogens (tertiary/aromatic N) is 2. The van der Waals surface area contributed by atoms with Gasteiger partial charge in [0.05, 0.1) is 26.5 Å². The van der Waals surface area contributed by atoms with Crippen molar-refractivity contribution in [2.45, 2.75) is 19.4 Å². The van der Waals surface area contributed by atoms with E-state index in [2.05, 4.69) is 17.3 Å². The van der Waals surface area contributed by atoms with Crippen LogP contribution in [0.15, 0.2) is 30.6 Å². The van der Waals surface area contributed by atoms with Gasteiger partial charge in [0.1, 0.15) is 11.5 Å². The van der Waals surface area contributed by atoms with Crippen molar-refractivity contribution in [2.24, 2.45) is 7.05 Å². The maximum absolute atomic E-state index is 5.53. The van der Waals surface area contributed by atoms with Crippen molar-refractivity contribution < 1.29 is 9.47 Å². The van der Waals surface area contributed by atoms with Crippen molar-refractivity contribution in [1.29, 1.82) is 0 Å². The standard InChI is InChI=1S/C16H23N3O2/c1-5-8-17-16(12-10-18-19(2)11-12)14-7-6-13(20-3)9-15(14)21-4/h6-7,9-11,16-17H,5,8H2,1-4H3. The molecule has 5 nitrogen and oxygen atoms in total. The minimum absolute atomic E-state index is 0.0551. The Morgan fingerprint density at radius 1 is 1.29 bits per heavy atom. The zero-order valence-electron chi connectivity index (χ0n) is 13.1. The fourth-order valence-corrected chi connectivity index (χ4v) is 2.34. The normalized spacial score (nSPS) is 12.2. The summed E-state index contributed by atoms with van der Waals surface area (Å²) in [4.78, 5) is 0. The highest BCUT2D eigenvalue weighted by atomic mass is 16.5. The molecule has 0 bridgehead atoms. The van der Waals surface area contributed by atoms with Crippen molar-refractivity contribution >= 4 is 0 Å². The second-order valence-electron chi connectivity index (χ2n) is 4.94. The molecule has 0 amide bonds. The number of hydrogen-bond acceptors (Lipinski definition) is 4. The van der Waals surface area contributed by atoms with Gasteiger partial charge in [0.2, 0.25) is 0 Å². The molecule has 0 saturated heterocycles. The Hall–Kier alpha value is -2.01. The highest BCUT2D eigenvalue weighted by Gasteiger charge is 2.19. The van der Waals surface area contributed by atoms with Gasteiger partial charge >= 0.3 is 0 Å². The van der Waals surface area contributed by atoms with Crippen LogP contribution in [-0.4, -0.2) is 30.5 Å². The lowest BCUT2D eigenvalue weighted by Gasteiger charge is -2.20. The van der Waals surface area contributed by atoms with Gasteiger partial charge in [0.25, 0.3) is 0 Å². The fourth-order valence-electron chi connectivity index (χ4n) is 2.34. The second kappa shape index (κ2) is 7.13. The van der Waals surface area contributed by atoms with Crippen LogP contribution in [0.2, 0.25) is 0 Å². The van der Waals surface area contributed by atoms with Crippen LogP contribution in [0.3, 0.4) is 0 Å². The van der Waals surface area contributed by atoms with Gasteiger partial charge in [-0.05, 0) is 25.1 Å².